The minimum absolute atomic E-state index is 0.309. The zero-order valence-electron chi connectivity index (χ0n) is 12.6. The van der Waals surface area contributed by atoms with E-state index in [0.29, 0.717) is 6.10 Å². The lowest BCUT2D eigenvalue weighted by Gasteiger charge is -2.16. The lowest BCUT2D eigenvalue weighted by atomic mass is 10.4. The van der Waals surface area contributed by atoms with Crippen molar-refractivity contribution in [1.82, 2.24) is 15.2 Å². The highest BCUT2D eigenvalue weighted by Gasteiger charge is 2.05. The molecule has 0 aromatic carbocycles. The summed E-state index contributed by atoms with van der Waals surface area (Å²) >= 11 is 1.74. The van der Waals surface area contributed by atoms with E-state index in [0.717, 1.165) is 44.9 Å². The molecule has 0 spiro atoms. The molecule has 0 unspecified atom stereocenters. The van der Waals surface area contributed by atoms with Crippen molar-refractivity contribution < 1.29 is 4.74 Å². The lowest BCUT2D eigenvalue weighted by Crippen LogP contribution is -2.24. The molecule has 0 radical (unpaired) electrons. The molecule has 1 aromatic heterocycles. The Morgan fingerprint density at radius 1 is 1.47 bits per heavy atom. The van der Waals surface area contributed by atoms with E-state index in [1.54, 1.807) is 11.3 Å². The third-order valence-corrected chi connectivity index (χ3v) is 3.56. The van der Waals surface area contributed by atoms with Gasteiger partial charge >= 0.3 is 0 Å². The molecule has 5 heteroatoms. The van der Waals surface area contributed by atoms with Crippen molar-refractivity contribution in [3.63, 3.8) is 0 Å². The van der Waals surface area contributed by atoms with Crippen LogP contribution in [0.3, 0.4) is 0 Å². The summed E-state index contributed by atoms with van der Waals surface area (Å²) in [5.41, 5.74) is 1.16. The minimum atomic E-state index is 0.309. The van der Waals surface area contributed by atoms with Gasteiger partial charge in [0.1, 0.15) is 5.01 Å². The second-order valence-electron chi connectivity index (χ2n) is 5.07. The molecule has 1 heterocycles. The van der Waals surface area contributed by atoms with Crippen LogP contribution in [0, 0.1) is 0 Å². The Morgan fingerprint density at radius 3 is 2.95 bits per heavy atom. The van der Waals surface area contributed by atoms with E-state index in [-0.39, 0.29) is 0 Å². The number of aromatic nitrogens is 1. The van der Waals surface area contributed by atoms with E-state index in [9.17, 15) is 0 Å². The van der Waals surface area contributed by atoms with E-state index < -0.39 is 0 Å². The summed E-state index contributed by atoms with van der Waals surface area (Å²) in [6, 6.07) is 0. The van der Waals surface area contributed by atoms with Crippen molar-refractivity contribution in [1.29, 1.82) is 0 Å². The number of ether oxygens (including phenoxy) is 1. The molecule has 0 bridgehead atoms. The minimum Gasteiger partial charge on any atom is -0.377 e. The van der Waals surface area contributed by atoms with Gasteiger partial charge in [0.05, 0.1) is 18.4 Å². The average molecular weight is 285 g/mol. The molecule has 0 saturated carbocycles. The molecule has 0 atom stereocenters. The zero-order chi connectivity index (χ0) is 14.1. The Labute approximate surface area is 121 Å². The van der Waals surface area contributed by atoms with E-state index in [4.69, 9.17) is 4.74 Å². The van der Waals surface area contributed by atoms with Crippen LogP contribution in [0.1, 0.15) is 37.9 Å². The van der Waals surface area contributed by atoms with Crippen LogP contribution in [0.15, 0.2) is 5.38 Å². The van der Waals surface area contributed by atoms with Crippen LogP contribution in [0.2, 0.25) is 0 Å². The van der Waals surface area contributed by atoms with Crippen LogP contribution in [0.25, 0.3) is 0 Å². The van der Waals surface area contributed by atoms with Gasteiger partial charge in [-0.3, -0.25) is 4.90 Å². The first-order valence-corrected chi connectivity index (χ1v) is 7.94. The highest BCUT2D eigenvalue weighted by molar-refractivity contribution is 7.09. The topological polar surface area (TPSA) is 37.4 Å². The first-order valence-electron chi connectivity index (χ1n) is 7.06. The summed E-state index contributed by atoms with van der Waals surface area (Å²) in [6.07, 6.45) is 1.47. The predicted molar refractivity (Wildman–Crippen MR) is 81.5 cm³/mol. The normalized spacial score (nSPS) is 11.7. The van der Waals surface area contributed by atoms with Crippen molar-refractivity contribution >= 4 is 11.3 Å². The second-order valence-corrected chi connectivity index (χ2v) is 6.01. The number of rotatable bonds is 10. The number of likely N-dealkylation sites (N-methyl/N-ethyl adjacent to an activating group) is 1. The van der Waals surface area contributed by atoms with Gasteiger partial charge in [0.2, 0.25) is 0 Å². The monoisotopic (exact) mass is 285 g/mol. The van der Waals surface area contributed by atoms with Gasteiger partial charge in [0.15, 0.2) is 0 Å². The largest absolute Gasteiger partial charge is 0.377 e. The summed E-state index contributed by atoms with van der Waals surface area (Å²) in [7, 11) is 2.11. The fourth-order valence-electron chi connectivity index (χ4n) is 1.67. The van der Waals surface area contributed by atoms with Crippen molar-refractivity contribution in [3.05, 3.63) is 16.1 Å². The van der Waals surface area contributed by atoms with Crippen LogP contribution >= 0.6 is 11.3 Å². The maximum atomic E-state index is 5.55. The summed E-state index contributed by atoms with van der Waals surface area (Å²) in [5, 5.41) is 6.71. The molecule has 4 nitrogen and oxygen atoms in total. The van der Waals surface area contributed by atoms with Gasteiger partial charge in [0, 0.05) is 25.0 Å². The molecule has 0 aliphatic rings. The summed E-state index contributed by atoms with van der Waals surface area (Å²) in [4.78, 5) is 6.89. The smallest absolute Gasteiger partial charge is 0.107 e. The van der Waals surface area contributed by atoms with Gasteiger partial charge in [-0.2, -0.15) is 0 Å². The quantitative estimate of drug-likeness (QED) is 0.670. The molecule has 0 aliphatic heterocycles. The molecule has 19 heavy (non-hydrogen) atoms. The standard InChI is InChI=1S/C14H27N3OS/c1-5-6-15-9-14-16-13(11-19-14)10-17(4)7-8-18-12(2)3/h11-12,15H,5-10H2,1-4H3. The zero-order valence-corrected chi connectivity index (χ0v) is 13.4. The third kappa shape index (κ3) is 7.62. The Hall–Kier alpha value is -0.490. The van der Waals surface area contributed by atoms with Crippen molar-refractivity contribution in [2.45, 2.75) is 46.4 Å². The molecule has 1 N–H and O–H groups in total. The van der Waals surface area contributed by atoms with Crippen LogP contribution in [0.5, 0.6) is 0 Å². The molecular weight excluding hydrogens is 258 g/mol. The molecule has 0 amide bonds. The van der Waals surface area contributed by atoms with E-state index in [1.807, 2.05) is 0 Å². The predicted octanol–water partition coefficient (Wildman–Crippen LogP) is 2.50. The maximum Gasteiger partial charge on any atom is 0.107 e. The van der Waals surface area contributed by atoms with Crippen LogP contribution in [-0.2, 0) is 17.8 Å². The Bertz CT molecular complexity index is 341. The number of thiazole rings is 1. The Balaban J connectivity index is 2.24. The van der Waals surface area contributed by atoms with Gasteiger partial charge in [-0.25, -0.2) is 4.98 Å². The van der Waals surface area contributed by atoms with Gasteiger partial charge in [-0.1, -0.05) is 6.92 Å². The van der Waals surface area contributed by atoms with Crippen LogP contribution < -0.4 is 5.32 Å². The number of nitrogens with one attached hydrogen (secondary N) is 1. The summed E-state index contributed by atoms with van der Waals surface area (Å²) in [5.74, 6) is 0. The van der Waals surface area contributed by atoms with Gasteiger partial charge < -0.3 is 10.1 Å². The van der Waals surface area contributed by atoms with E-state index >= 15 is 0 Å². The van der Waals surface area contributed by atoms with Crippen LogP contribution in [-0.4, -0.2) is 42.7 Å². The average Bonchev–Trinajstić information content (AvgIpc) is 2.76. The molecule has 110 valence electrons. The second kappa shape index (κ2) is 9.42. The molecule has 0 aliphatic carbocycles. The van der Waals surface area contributed by atoms with E-state index in [2.05, 4.69) is 48.4 Å². The van der Waals surface area contributed by atoms with E-state index in [1.165, 1.54) is 5.01 Å². The summed E-state index contributed by atoms with van der Waals surface area (Å²) < 4.78 is 5.55. The lowest BCUT2D eigenvalue weighted by molar-refractivity contribution is 0.0625. The first kappa shape index (κ1) is 16.6. The number of nitrogens with zero attached hydrogens (tertiary/aromatic N) is 2. The first-order chi connectivity index (χ1) is 9.11. The van der Waals surface area contributed by atoms with Gasteiger partial charge in [0.25, 0.3) is 0 Å². The van der Waals surface area contributed by atoms with Gasteiger partial charge in [-0.15, -0.1) is 11.3 Å². The highest BCUT2D eigenvalue weighted by Crippen LogP contribution is 2.11. The molecular formula is C14H27N3OS. The van der Waals surface area contributed by atoms with Crippen molar-refractivity contribution in [2.24, 2.45) is 0 Å². The van der Waals surface area contributed by atoms with Crippen LogP contribution in [0.4, 0.5) is 0 Å². The Morgan fingerprint density at radius 2 is 2.26 bits per heavy atom. The third-order valence-electron chi connectivity index (χ3n) is 2.66. The molecule has 1 aromatic rings. The number of hydrogen-bond acceptors (Lipinski definition) is 5. The summed E-state index contributed by atoms with van der Waals surface area (Å²) in [6.45, 7) is 10.9. The Kier molecular flexibility index (Phi) is 8.21. The molecule has 1 rings (SSSR count). The van der Waals surface area contributed by atoms with Crippen molar-refractivity contribution in [2.75, 3.05) is 26.7 Å². The highest BCUT2D eigenvalue weighted by atomic mass is 32.1. The maximum absolute atomic E-state index is 5.55. The number of hydrogen-bond donors (Lipinski definition) is 1. The van der Waals surface area contributed by atoms with Crippen molar-refractivity contribution in [3.8, 4) is 0 Å². The molecule has 0 fully saturated rings. The molecule has 0 saturated heterocycles. The van der Waals surface area contributed by atoms with Gasteiger partial charge in [-0.05, 0) is 33.9 Å². The SMILES string of the molecule is CCCNCc1nc(CN(C)CCOC(C)C)cs1. The fourth-order valence-corrected chi connectivity index (χ4v) is 2.43. The fraction of sp³-hybridized carbons (Fsp3) is 0.786.